The molecule has 0 bridgehead atoms. The topological polar surface area (TPSA) is 76.2 Å². The number of nitrogens with zero attached hydrogens (tertiary/aromatic N) is 2. The number of carbonyl (C=O) groups excluding carboxylic acids is 3. The number of aryl methyl sites for hydroxylation is 1. The molecule has 134 valence electrons. The normalized spacial score (nSPS) is 14.2. The maximum absolute atomic E-state index is 12.7. The molecule has 7 nitrogen and oxygen atoms in total. The van der Waals surface area contributed by atoms with E-state index in [1.165, 1.54) is 14.2 Å². The largest absolute Gasteiger partial charge is 0.497 e. The van der Waals surface area contributed by atoms with E-state index in [1.807, 2.05) is 19.1 Å². The van der Waals surface area contributed by atoms with Gasteiger partial charge in [0.25, 0.3) is 0 Å². The van der Waals surface area contributed by atoms with E-state index in [0.29, 0.717) is 22.7 Å². The minimum atomic E-state index is -0.883. The van der Waals surface area contributed by atoms with Crippen LogP contribution >= 0.6 is 0 Å². The average molecular weight is 354 g/mol. The van der Waals surface area contributed by atoms with Crippen LogP contribution in [-0.2, 0) is 16.1 Å². The molecule has 0 aliphatic carbocycles. The van der Waals surface area contributed by atoms with Gasteiger partial charge in [-0.2, -0.15) is 0 Å². The van der Waals surface area contributed by atoms with Crippen LogP contribution in [0.5, 0.6) is 11.5 Å². The van der Waals surface area contributed by atoms with Gasteiger partial charge >= 0.3 is 17.8 Å². The summed E-state index contributed by atoms with van der Waals surface area (Å²) in [6.45, 7) is 1.85. The Morgan fingerprint density at radius 3 is 2.19 bits per heavy atom. The Kier molecular flexibility index (Phi) is 4.62. The fourth-order valence-corrected chi connectivity index (χ4v) is 2.81. The van der Waals surface area contributed by atoms with Crippen molar-refractivity contribution in [1.82, 2.24) is 4.90 Å². The molecule has 0 N–H and O–H groups in total. The van der Waals surface area contributed by atoms with E-state index < -0.39 is 17.8 Å². The maximum atomic E-state index is 12.7. The summed E-state index contributed by atoms with van der Waals surface area (Å²) in [6.07, 6.45) is 0. The molecule has 1 heterocycles. The highest BCUT2D eigenvalue weighted by atomic mass is 16.5. The number of ether oxygens (including phenoxy) is 2. The summed E-state index contributed by atoms with van der Waals surface area (Å²) in [5.41, 5.74) is 1.92. The minimum absolute atomic E-state index is 0.0408. The number of hydrogen-bond acceptors (Lipinski definition) is 5. The van der Waals surface area contributed by atoms with Crippen LogP contribution in [0.3, 0.4) is 0 Å². The van der Waals surface area contributed by atoms with Gasteiger partial charge in [0.15, 0.2) is 0 Å². The van der Waals surface area contributed by atoms with Crippen LogP contribution in [0.4, 0.5) is 10.5 Å². The van der Waals surface area contributed by atoms with E-state index in [4.69, 9.17) is 9.47 Å². The number of imide groups is 2. The Balaban J connectivity index is 1.90. The Hall–Kier alpha value is -3.35. The highest BCUT2D eigenvalue weighted by Crippen LogP contribution is 2.28. The summed E-state index contributed by atoms with van der Waals surface area (Å²) in [7, 11) is 3.03. The van der Waals surface area contributed by atoms with Crippen LogP contribution in [-0.4, -0.2) is 37.0 Å². The van der Waals surface area contributed by atoms with Crippen LogP contribution in [0.25, 0.3) is 0 Å². The molecule has 1 saturated heterocycles. The lowest BCUT2D eigenvalue weighted by Gasteiger charge is -2.17. The molecule has 1 aliphatic heterocycles. The highest BCUT2D eigenvalue weighted by molar-refractivity contribution is 6.52. The summed E-state index contributed by atoms with van der Waals surface area (Å²) >= 11 is 0. The minimum Gasteiger partial charge on any atom is -0.497 e. The number of amides is 4. The van der Waals surface area contributed by atoms with Crippen molar-refractivity contribution in [2.24, 2.45) is 0 Å². The van der Waals surface area contributed by atoms with E-state index in [-0.39, 0.29) is 6.54 Å². The van der Waals surface area contributed by atoms with Gasteiger partial charge in [-0.1, -0.05) is 17.7 Å². The summed E-state index contributed by atoms with van der Waals surface area (Å²) < 4.78 is 10.3. The highest BCUT2D eigenvalue weighted by Gasteiger charge is 2.45. The molecule has 0 spiro atoms. The fourth-order valence-electron chi connectivity index (χ4n) is 2.81. The van der Waals surface area contributed by atoms with Gasteiger partial charge < -0.3 is 9.47 Å². The van der Waals surface area contributed by atoms with Crippen LogP contribution in [0, 0.1) is 6.92 Å². The zero-order valence-corrected chi connectivity index (χ0v) is 14.7. The van der Waals surface area contributed by atoms with Crippen molar-refractivity contribution >= 4 is 23.5 Å². The third-order valence-electron chi connectivity index (χ3n) is 4.15. The first-order valence-electron chi connectivity index (χ1n) is 7.93. The zero-order valence-electron chi connectivity index (χ0n) is 14.7. The molecule has 0 radical (unpaired) electrons. The van der Waals surface area contributed by atoms with E-state index in [2.05, 4.69) is 0 Å². The number of urea groups is 1. The standard InChI is InChI=1S/C19H18N2O5/c1-12-4-9-16(26-3)13(10-12)11-20-17(22)18(23)21(19(20)24)14-5-7-15(25-2)8-6-14/h4-10H,11H2,1-3H3. The quantitative estimate of drug-likeness (QED) is 0.609. The average Bonchev–Trinajstić information content (AvgIpc) is 2.85. The summed E-state index contributed by atoms with van der Waals surface area (Å²) in [5.74, 6) is -0.617. The second kappa shape index (κ2) is 6.87. The first kappa shape index (κ1) is 17.5. The monoisotopic (exact) mass is 354 g/mol. The van der Waals surface area contributed by atoms with Gasteiger partial charge in [-0.3, -0.25) is 14.5 Å². The van der Waals surface area contributed by atoms with Gasteiger partial charge in [0.2, 0.25) is 0 Å². The van der Waals surface area contributed by atoms with Crippen molar-refractivity contribution in [1.29, 1.82) is 0 Å². The van der Waals surface area contributed by atoms with Crippen molar-refractivity contribution in [2.75, 3.05) is 19.1 Å². The lowest BCUT2D eigenvalue weighted by atomic mass is 10.1. The molecular formula is C19H18N2O5. The van der Waals surface area contributed by atoms with Crippen LogP contribution in [0.1, 0.15) is 11.1 Å². The second-order valence-electron chi connectivity index (χ2n) is 5.83. The van der Waals surface area contributed by atoms with Gasteiger partial charge in [0.1, 0.15) is 11.5 Å². The van der Waals surface area contributed by atoms with E-state index in [0.717, 1.165) is 15.4 Å². The van der Waals surface area contributed by atoms with Gasteiger partial charge in [-0.05, 0) is 37.3 Å². The third kappa shape index (κ3) is 2.99. The summed E-state index contributed by atoms with van der Waals surface area (Å²) in [5, 5.41) is 0. The van der Waals surface area contributed by atoms with E-state index in [1.54, 1.807) is 30.3 Å². The van der Waals surface area contributed by atoms with Gasteiger partial charge in [-0.15, -0.1) is 0 Å². The first-order chi connectivity index (χ1) is 12.5. The number of rotatable bonds is 5. The summed E-state index contributed by atoms with van der Waals surface area (Å²) in [4.78, 5) is 39.2. The molecule has 4 amide bonds. The molecule has 0 unspecified atom stereocenters. The first-order valence-corrected chi connectivity index (χ1v) is 7.93. The Morgan fingerprint density at radius 1 is 0.885 bits per heavy atom. The smallest absolute Gasteiger partial charge is 0.339 e. The Morgan fingerprint density at radius 2 is 1.58 bits per heavy atom. The van der Waals surface area contributed by atoms with Gasteiger partial charge in [0.05, 0.1) is 26.5 Å². The summed E-state index contributed by atoms with van der Waals surface area (Å²) in [6, 6.07) is 11.1. The fraction of sp³-hybridized carbons (Fsp3) is 0.211. The van der Waals surface area contributed by atoms with Crippen molar-refractivity contribution in [3.63, 3.8) is 0 Å². The van der Waals surface area contributed by atoms with Crippen LogP contribution in [0.15, 0.2) is 42.5 Å². The Labute approximate surface area is 150 Å². The van der Waals surface area contributed by atoms with Crippen molar-refractivity contribution in [2.45, 2.75) is 13.5 Å². The maximum Gasteiger partial charge on any atom is 0.339 e. The third-order valence-corrected chi connectivity index (χ3v) is 4.15. The van der Waals surface area contributed by atoms with E-state index in [9.17, 15) is 14.4 Å². The number of carbonyl (C=O) groups is 3. The molecule has 3 rings (SSSR count). The number of benzene rings is 2. The van der Waals surface area contributed by atoms with E-state index >= 15 is 0 Å². The zero-order chi connectivity index (χ0) is 18.8. The molecular weight excluding hydrogens is 336 g/mol. The van der Waals surface area contributed by atoms with Gasteiger partial charge in [-0.25, -0.2) is 9.69 Å². The number of methoxy groups -OCH3 is 2. The van der Waals surface area contributed by atoms with Crippen molar-refractivity contribution in [3.05, 3.63) is 53.6 Å². The second-order valence-corrected chi connectivity index (χ2v) is 5.83. The van der Waals surface area contributed by atoms with Crippen LogP contribution < -0.4 is 14.4 Å². The molecule has 2 aromatic rings. The lowest BCUT2D eigenvalue weighted by Crippen LogP contribution is -2.33. The molecule has 0 saturated carbocycles. The molecule has 0 atom stereocenters. The molecule has 1 aliphatic rings. The molecule has 7 heteroatoms. The van der Waals surface area contributed by atoms with Crippen LogP contribution in [0.2, 0.25) is 0 Å². The van der Waals surface area contributed by atoms with Crippen molar-refractivity contribution in [3.8, 4) is 11.5 Å². The molecule has 0 aromatic heterocycles. The molecule has 2 aromatic carbocycles. The Bertz CT molecular complexity index is 876. The SMILES string of the molecule is COc1ccc(N2C(=O)C(=O)N(Cc3cc(C)ccc3OC)C2=O)cc1. The number of hydrogen-bond donors (Lipinski definition) is 0. The molecule has 26 heavy (non-hydrogen) atoms. The lowest BCUT2D eigenvalue weighted by molar-refractivity contribution is -0.139. The predicted molar refractivity (Wildman–Crippen MR) is 94.2 cm³/mol. The van der Waals surface area contributed by atoms with Crippen molar-refractivity contribution < 1.29 is 23.9 Å². The predicted octanol–water partition coefficient (Wildman–Crippen LogP) is 2.51. The van der Waals surface area contributed by atoms with Gasteiger partial charge in [0, 0.05) is 5.56 Å². The number of anilines is 1. The molecule has 1 fully saturated rings.